The van der Waals surface area contributed by atoms with E-state index in [-0.39, 0.29) is 19.3 Å². The van der Waals surface area contributed by atoms with Crippen molar-refractivity contribution < 1.29 is 11.0 Å². The van der Waals surface area contributed by atoms with E-state index in [1.54, 1.807) is 4.90 Å². The van der Waals surface area contributed by atoms with Crippen molar-refractivity contribution in [2.45, 2.75) is 45.6 Å². The Morgan fingerprint density at radius 2 is 2.16 bits per heavy atom. The molecule has 0 aromatic heterocycles. The van der Waals surface area contributed by atoms with Crippen molar-refractivity contribution in [3.8, 4) is 0 Å². The Morgan fingerprint density at radius 1 is 1.53 bits per heavy atom. The van der Waals surface area contributed by atoms with Gasteiger partial charge in [0.2, 0.25) is 11.8 Å². The van der Waals surface area contributed by atoms with Crippen LogP contribution >= 0.6 is 0 Å². The van der Waals surface area contributed by atoms with E-state index in [1.807, 2.05) is 0 Å². The lowest BCUT2D eigenvalue weighted by Crippen LogP contribution is -2.64. The second-order valence-electron chi connectivity index (χ2n) is 6.48. The van der Waals surface area contributed by atoms with Crippen LogP contribution in [0.3, 0.4) is 0 Å². The first-order chi connectivity index (χ1) is 8.93. The van der Waals surface area contributed by atoms with Gasteiger partial charge >= 0.3 is 0 Å². The van der Waals surface area contributed by atoms with Gasteiger partial charge in [-0.05, 0) is 38.1 Å². The highest BCUT2D eigenvalue weighted by Crippen LogP contribution is 2.44. The summed E-state index contributed by atoms with van der Waals surface area (Å²) in [6, 6.07) is 0.547. The number of primary amides is 1. The van der Waals surface area contributed by atoms with Crippen molar-refractivity contribution in [3.05, 3.63) is 0 Å². The number of hydrogen-bond acceptors (Lipinski definition) is 3. The van der Waals surface area contributed by atoms with Crippen LogP contribution < -0.4 is 11.1 Å². The lowest BCUT2D eigenvalue weighted by molar-refractivity contribution is -0.165. The highest BCUT2D eigenvalue weighted by Gasteiger charge is 2.53. The topological polar surface area (TPSA) is 75.4 Å². The van der Waals surface area contributed by atoms with Gasteiger partial charge in [-0.1, -0.05) is 13.8 Å². The Hall–Kier alpha value is -1.10. The summed E-state index contributed by atoms with van der Waals surface area (Å²) in [4.78, 5) is 24.6. The zero-order chi connectivity index (χ0) is 14.0. The van der Waals surface area contributed by atoms with Crippen LogP contribution in [0.5, 0.6) is 0 Å². The molecule has 1 spiro atoms. The number of nitrogens with one attached hydrogen (secondary N) is 1. The van der Waals surface area contributed by atoms with E-state index in [0.29, 0.717) is 18.5 Å². The van der Waals surface area contributed by atoms with Gasteiger partial charge in [-0.25, -0.2) is 0 Å². The van der Waals surface area contributed by atoms with Crippen molar-refractivity contribution in [1.82, 2.24) is 10.2 Å². The molecule has 1 saturated carbocycles. The molecule has 0 aromatic carbocycles. The Labute approximate surface area is 116 Å². The first-order valence-electron chi connectivity index (χ1n) is 7.24. The van der Waals surface area contributed by atoms with Crippen LogP contribution in [0.15, 0.2) is 0 Å². The van der Waals surface area contributed by atoms with Crippen molar-refractivity contribution in [1.29, 1.82) is 0 Å². The number of rotatable bonds is 5. The highest BCUT2D eigenvalue weighted by atomic mass is 16.2. The summed E-state index contributed by atoms with van der Waals surface area (Å²) in [5.74, 6) is 0.372. The maximum absolute atomic E-state index is 12.1. The van der Waals surface area contributed by atoms with Crippen LogP contribution in [0.25, 0.3) is 0 Å². The summed E-state index contributed by atoms with van der Waals surface area (Å²) in [6.45, 7) is 6.24. The number of carbonyl (C=O) groups excluding carboxylic acids is 2. The second-order valence-corrected chi connectivity index (χ2v) is 6.48. The average Bonchev–Trinajstić information content (AvgIpc) is 2.36. The molecule has 0 atom stereocenters. The van der Waals surface area contributed by atoms with E-state index in [9.17, 15) is 9.59 Å². The van der Waals surface area contributed by atoms with Crippen molar-refractivity contribution in [2.24, 2.45) is 17.1 Å². The molecule has 1 saturated heterocycles. The van der Waals surface area contributed by atoms with Crippen LogP contribution in [0.2, 0.25) is 0 Å². The Morgan fingerprint density at radius 3 is 2.63 bits per heavy atom. The molecule has 0 unspecified atom stereocenters. The largest absolute Gasteiger partial charge is 0.368 e. The number of hydrogen-bond donors (Lipinski definition) is 2. The van der Waals surface area contributed by atoms with E-state index in [2.05, 4.69) is 19.2 Å². The molecule has 1 heterocycles. The standard InChI is InChI=1S/C14H25N3O2.H2/c1-10(2)7-16-11-3-5-14(6-4-11)9-17(13(14)19)8-12(15)18;/h10-11,16H,3-9H2,1-2H3,(H2,15,18);1H/i;1+1. The molecule has 2 rings (SSSR count). The minimum atomic E-state index is -0.421. The van der Waals surface area contributed by atoms with E-state index in [4.69, 9.17) is 5.73 Å². The van der Waals surface area contributed by atoms with Gasteiger partial charge in [-0.2, -0.15) is 0 Å². The van der Waals surface area contributed by atoms with Gasteiger partial charge in [0.25, 0.3) is 0 Å². The van der Waals surface area contributed by atoms with Gasteiger partial charge in [0.05, 0.1) is 12.0 Å². The van der Waals surface area contributed by atoms with Gasteiger partial charge in [0.1, 0.15) is 0 Å². The number of nitrogens with zero attached hydrogens (tertiary/aromatic N) is 1. The third-order valence-electron chi connectivity index (χ3n) is 4.34. The number of amides is 2. The molecule has 5 heteroatoms. The van der Waals surface area contributed by atoms with Gasteiger partial charge in [-0.15, -0.1) is 0 Å². The first kappa shape index (κ1) is 14.3. The summed E-state index contributed by atoms with van der Waals surface area (Å²) in [6.07, 6.45) is 4.00. The molecule has 1 aliphatic carbocycles. The number of β-lactam (4-membered cyclic amide) rings is 1. The van der Waals surface area contributed by atoms with Crippen molar-refractivity contribution in [2.75, 3.05) is 19.6 Å². The minimum Gasteiger partial charge on any atom is -0.368 e. The smallest absolute Gasteiger partial charge is 0.237 e. The summed E-state index contributed by atoms with van der Waals surface area (Å²) < 4.78 is 0. The molecule has 0 aromatic rings. The Bertz CT molecular complexity index is 365. The number of nitrogens with two attached hydrogens (primary N) is 1. The van der Waals surface area contributed by atoms with Gasteiger partial charge in [0, 0.05) is 14.0 Å². The fourth-order valence-electron chi connectivity index (χ4n) is 3.21. The predicted octanol–water partition coefficient (Wildman–Crippen LogP) is 0.735. The molecule has 110 valence electrons. The first-order valence-corrected chi connectivity index (χ1v) is 7.24. The number of carbonyl (C=O) groups is 2. The van der Waals surface area contributed by atoms with Crippen molar-refractivity contribution >= 4 is 11.8 Å². The number of likely N-dealkylation sites (tertiary alicyclic amines) is 1. The van der Waals surface area contributed by atoms with Crippen LogP contribution in [-0.4, -0.2) is 42.4 Å². The molecule has 19 heavy (non-hydrogen) atoms. The fraction of sp³-hybridized carbons (Fsp3) is 0.857. The summed E-state index contributed by atoms with van der Waals surface area (Å²) in [5.41, 5.74) is 4.95. The molecule has 3 N–H and O–H groups in total. The van der Waals surface area contributed by atoms with E-state index >= 15 is 0 Å². The molecular formula is C14H27N3O2. The maximum Gasteiger partial charge on any atom is 0.237 e. The van der Waals surface area contributed by atoms with Gasteiger partial charge < -0.3 is 16.0 Å². The monoisotopic (exact) mass is 270 g/mol. The lowest BCUT2D eigenvalue weighted by atomic mass is 9.66. The second kappa shape index (κ2) is 5.49. The zero-order valence-corrected chi connectivity index (χ0v) is 11.9. The highest BCUT2D eigenvalue weighted by molar-refractivity contribution is 5.92. The van der Waals surface area contributed by atoms with Crippen LogP contribution in [0.4, 0.5) is 0 Å². The van der Waals surface area contributed by atoms with Crippen LogP contribution in [0, 0.1) is 11.3 Å². The van der Waals surface area contributed by atoms with Gasteiger partial charge in [0.15, 0.2) is 0 Å². The lowest BCUT2D eigenvalue weighted by Gasteiger charge is -2.51. The van der Waals surface area contributed by atoms with Gasteiger partial charge in [-0.3, -0.25) is 9.59 Å². The maximum atomic E-state index is 12.1. The van der Waals surface area contributed by atoms with E-state index in [0.717, 1.165) is 32.2 Å². The quantitative estimate of drug-likeness (QED) is 0.723. The van der Waals surface area contributed by atoms with Crippen LogP contribution in [0.1, 0.15) is 41.0 Å². The normalized spacial score (nSPS) is 30.8. The molecule has 0 bridgehead atoms. The summed E-state index contributed by atoms with van der Waals surface area (Å²) in [5, 5.41) is 3.57. The van der Waals surface area contributed by atoms with Crippen LogP contribution in [-0.2, 0) is 9.59 Å². The Kier molecular flexibility index (Phi) is 4.13. The molecule has 2 aliphatic rings. The molecule has 2 fully saturated rings. The molecular weight excluding hydrogens is 242 g/mol. The average molecular weight is 270 g/mol. The third-order valence-corrected chi connectivity index (χ3v) is 4.34. The summed E-state index contributed by atoms with van der Waals surface area (Å²) in [7, 11) is 0. The van der Waals surface area contributed by atoms with E-state index < -0.39 is 5.91 Å². The third kappa shape index (κ3) is 3.08. The van der Waals surface area contributed by atoms with Crippen molar-refractivity contribution in [3.63, 3.8) is 0 Å². The minimum absolute atomic E-state index is 0. The molecule has 2 amide bonds. The fourth-order valence-corrected chi connectivity index (χ4v) is 3.21. The SMILES string of the molecule is CC(C)CNC1CCC2(CC1)CN(CC(N)=O)C2=O.[2HH]. The molecule has 5 nitrogen and oxygen atoms in total. The zero-order valence-electron chi connectivity index (χ0n) is 11.9. The predicted molar refractivity (Wildman–Crippen MR) is 75.4 cm³/mol. The molecule has 1 aliphatic heterocycles. The van der Waals surface area contributed by atoms with E-state index in [1.165, 1.54) is 0 Å². The Balaban J connectivity index is 0.00000200. The summed E-state index contributed by atoms with van der Waals surface area (Å²) >= 11 is 0. The molecule has 0 radical (unpaired) electrons.